The zero-order valence-corrected chi connectivity index (χ0v) is 15.3. The van der Waals surface area contributed by atoms with Crippen molar-refractivity contribution in [2.24, 2.45) is 0 Å². The van der Waals surface area contributed by atoms with Gasteiger partial charge in [0, 0.05) is 13.1 Å². The molecule has 2 aromatic rings. The van der Waals surface area contributed by atoms with E-state index in [2.05, 4.69) is 5.32 Å². The maximum atomic E-state index is 12.5. The highest BCUT2D eigenvalue weighted by Crippen LogP contribution is 2.23. The minimum atomic E-state index is -0.604. The Bertz CT molecular complexity index is 795. The molecule has 1 aliphatic heterocycles. The zero-order chi connectivity index (χ0) is 18.5. The van der Waals surface area contributed by atoms with Crippen LogP contribution in [0.25, 0.3) is 0 Å². The lowest BCUT2D eigenvalue weighted by atomic mass is 10.1. The first-order chi connectivity index (χ1) is 12.5. The molecule has 0 unspecified atom stereocenters. The van der Waals surface area contributed by atoms with E-state index < -0.39 is 6.04 Å². The standard InChI is InChI=1S/C20H21ClN2O3/c1-14-7-8-17(16(21)11-14)22-19(24)12-18-20(25)26-10-9-23(18)13-15-5-3-2-4-6-15/h2-8,11,18H,9-10,12-13H2,1H3,(H,22,24)/t18-/m1/s1. The maximum Gasteiger partial charge on any atom is 0.323 e. The molecule has 0 aromatic heterocycles. The molecule has 0 bridgehead atoms. The van der Waals surface area contributed by atoms with Crippen LogP contribution >= 0.6 is 11.6 Å². The molecule has 1 amide bonds. The third-order valence-electron chi connectivity index (χ3n) is 4.34. The zero-order valence-electron chi connectivity index (χ0n) is 14.6. The van der Waals surface area contributed by atoms with Crippen molar-refractivity contribution in [2.75, 3.05) is 18.5 Å². The Morgan fingerprint density at radius 2 is 2.04 bits per heavy atom. The van der Waals surface area contributed by atoms with Gasteiger partial charge in [-0.25, -0.2) is 0 Å². The van der Waals surface area contributed by atoms with Crippen molar-refractivity contribution in [1.29, 1.82) is 0 Å². The average molecular weight is 373 g/mol. The predicted molar refractivity (Wildman–Crippen MR) is 101 cm³/mol. The van der Waals surface area contributed by atoms with E-state index in [0.29, 0.717) is 30.4 Å². The lowest BCUT2D eigenvalue weighted by molar-refractivity contribution is -0.159. The van der Waals surface area contributed by atoms with Gasteiger partial charge in [0.05, 0.1) is 17.1 Å². The summed E-state index contributed by atoms with van der Waals surface area (Å²) in [4.78, 5) is 26.7. The van der Waals surface area contributed by atoms with Crippen LogP contribution in [0.5, 0.6) is 0 Å². The molecule has 5 nitrogen and oxygen atoms in total. The monoisotopic (exact) mass is 372 g/mol. The summed E-state index contributed by atoms with van der Waals surface area (Å²) < 4.78 is 5.16. The Morgan fingerprint density at radius 3 is 2.77 bits per heavy atom. The number of ether oxygens (including phenoxy) is 1. The van der Waals surface area contributed by atoms with Gasteiger partial charge in [0.15, 0.2) is 0 Å². The molecule has 1 atom stereocenters. The van der Waals surface area contributed by atoms with Crippen LogP contribution in [0, 0.1) is 6.92 Å². The van der Waals surface area contributed by atoms with Crippen molar-refractivity contribution in [3.8, 4) is 0 Å². The molecule has 1 heterocycles. The van der Waals surface area contributed by atoms with E-state index in [1.54, 1.807) is 12.1 Å². The smallest absolute Gasteiger partial charge is 0.323 e. The van der Waals surface area contributed by atoms with Crippen LogP contribution in [0.1, 0.15) is 17.5 Å². The number of cyclic esters (lactones) is 1. The number of amides is 1. The number of aryl methyl sites for hydroxylation is 1. The number of morpholine rings is 1. The number of anilines is 1. The van der Waals surface area contributed by atoms with Crippen molar-refractivity contribution < 1.29 is 14.3 Å². The molecular formula is C20H21ClN2O3. The number of halogens is 1. The summed E-state index contributed by atoms with van der Waals surface area (Å²) >= 11 is 6.16. The first kappa shape index (κ1) is 18.4. The summed E-state index contributed by atoms with van der Waals surface area (Å²) in [5.41, 5.74) is 2.65. The Hall–Kier alpha value is -2.37. The molecule has 0 spiro atoms. The molecule has 0 radical (unpaired) electrons. The Morgan fingerprint density at radius 1 is 1.27 bits per heavy atom. The topological polar surface area (TPSA) is 58.6 Å². The molecular weight excluding hydrogens is 352 g/mol. The lowest BCUT2D eigenvalue weighted by Crippen LogP contribution is -2.49. The van der Waals surface area contributed by atoms with E-state index in [4.69, 9.17) is 16.3 Å². The predicted octanol–water partition coefficient (Wildman–Crippen LogP) is 3.40. The van der Waals surface area contributed by atoms with Crippen molar-refractivity contribution in [3.63, 3.8) is 0 Å². The lowest BCUT2D eigenvalue weighted by Gasteiger charge is -2.33. The second-order valence-corrected chi connectivity index (χ2v) is 6.78. The van der Waals surface area contributed by atoms with Crippen LogP contribution in [-0.2, 0) is 20.9 Å². The number of carbonyl (C=O) groups excluding carboxylic acids is 2. The fourth-order valence-corrected chi connectivity index (χ4v) is 3.26. The number of nitrogens with zero attached hydrogens (tertiary/aromatic N) is 1. The molecule has 136 valence electrons. The minimum Gasteiger partial charge on any atom is -0.463 e. The summed E-state index contributed by atoms with van der Waals surface area (Å²) in [6, 6.07) is 14.7. The fraction of sp³-hybridized carbons (Fsp3) is 0.300. The summed E-state index contributed by atoms with van der Waals surface area (Å²) in [7, 11) is 0. The first-order valence-electron chi connectivity index (χ1n) is 8.53. The van der Waals surface area contributed by atoms with Crippen LogP contribution in [0.2, 0.25) is 5.02 Å². The summed E-state index contributed by atoms with van der Waals surface area (Å²) in [5.74, 6) is -0.630. The summed E-state index contributed by atoms with van der Waals surface area (Å²) in [6.07, 6.45) is 0.0237. The third kappa shape index (κ3) is 4.62. The Labute approximate surface area is 157 Å². The highest BCUT2D eigenvalue weighted by molar-refractivity contribution is 6.33. The molecule has 0 saturated carbocycles. The number of benzene rings is 2. The van der Waals surface area contributed by atoms with Crippen LogP contribution in [0.15, 0.2) is 48.5 Å². The number of nitrogens with one attached hydrogen (secondary N) is 1. The van der Waals surface area contributed by atoms with Gasteiger partial charge in [0.2, 0.25) is 5.91 Å². The first-order valence-corrected chi connectivity index (χ1v) is 8.91. The largest absolute Gasteiger partial charge is 0.463 e. The Balaban J connectivity index is 1.68. The molecule has 1 saturated heterocycles. The minimum absolute atomic E-state index is 0.0237. The van der Waals surface area contributed by atoms with Gasteiger partial charge in [-0.05, 0) is 30.2 Å². The molecule has 1 fully saturated rings. The number of hydrogen-bond donors (Lipinski definition) is 1. The fourth-order valence-electron chi connectivity index (χ4n) is 2.98. The number of rotatable bonds is 5. The van der Waals surface area contributed by atoms with Crippen LogP contribution in [0.4, 0.5) is 5.69 Å². The van der Waals surface area contributed by atoms with Crippen LogP contribution in [0.3, 0.4) is 0 Å². The maximum absolute atomic E-state index is 12.5. The van der Waals surface area contributed by atoms with E-state index >= 15 is 0 Å². The van der Waals surface area contributed by atoms with Gasteiger partial charge < -0.3 is 10.1 Å². The molecule has 1 aliphatic rings. The second-order valence-electron chi connectivity index (χ2n) is 6.37. The highest BCUT2D eigenvalue weighted by atomic mass is 35.5. The number of carbonyl (C=O) groups is 2. The van der Waals surface area contributed by atoms with E-state index in [1.807, 2.05) is 48.2 Å². The normalized spacial score (nSPS) is 17.6. The molecule has 6 heteroatoms. The summed E-state index contributed by atoms with van der Waals surface area (Å²) in [5, 5.41) is 3.26. The second kappa shape index (κ2) is 8.34. The van der Waals surface area contributed by atoms with Gasteiger partial charge in [-0.3, -0.25) is 14.5 Å². The molecule has 0 aliphatic carbocycles. The van der Waals surface area contributed by atoms with Crippen molar-refractivity contribution in [3.05, 3.63) is 64.7 Å². The molecule has 3 rings (SSSR count). The number of hydrogen-bond acceptors (Lipinski definition) is 4. The molecule has 2 aromatic carbocycles. The van der Waals surface area contributed by atoms with Gasteiger partial charge >= 0.3 is 5.97 Å². The molecule has 1 N–H and O–H groups in total. The summed E-state index contributed by atoms with van der Waals surface area (Å²) in [6.45, 7) is 3.47. The van der Waals surface area contributed by atoms with Crippen LogP contribution < -0.4 is 5.32 Å². The van der Waals surface area contributed by atoms with Gasteiger partial charge in [-0.15, -0.1) is 0 Å². The van der Waals surface area contributed by atoms with Gasteiger partial charge in [-0.1, -0.05) is 48.0 Å². The van der Waals surface area contributed by atoms with E-state index in [-0.39, 0.29) is 18.3 Å². The van der Waals surface area contributed by atoms with Gasteiger partial charge in [0.25, 0.3) is 0 Å². The average Bonchev–Trinajstić information content (AvgIpc) is 2.61. The number of esters is 1. The van der Waals surface area contributed by atoms with Crippen molar-refractivity contribution >= 4 is 29.2 Å². The SMILES string of the molecule is Cc1ccc(NC(=O)C[C@@H]2C(=O)OCCN2Cc2ccccc2)c(Cl)c1. The van der Waals surface area contributed by atoms with Gasteiger partial charge in [0.1, 0.15) is 12.6 Å². The van der Waals surface area contributed by atoms with Gasteiger partial charge in [-0.2, -0.15) is 0 Å². The highest BCUT2D eigenvalue weighted by Gasteiger charge is 2.33. The third-order valence-corrected chi connectivity index (χ3v) is 4.65. The van der Waals surface area contributed by atoms with E-state index in [1.165, 1.54) is 0 Å². The van der Waals surface area contributed by atoms with E-state index in [9.17, 15) is 9.59 Å². The quantitative estimate of drug-likeness (QED) is 0.817. The van der Waals surface area contributed by atoms with E-state index in [0.717, 1.165) is 11.1 Å². The Kier molecular flexibility index (Phi) is 5.91. The van der Waals surface area contributed by atoms with Crippen molar-refractivity contribution in [1.82, 2.24) is 4.90 Å². The van der Waals surface area contributed by atoms with Crippen LogP contribution in [-0.4, -0.2) is 36.0 Å². The van der Waals surface area contributed by atoms with Crippen molar-refractivity contribution in [2.45, 2.75) is 25.9 Å². The molecule has 26 heavy (non-hydrogen) atoms.